The maximum Gasteiger partial charge on any atom is 0.249 e. The van der Waals surface area contributed by atoms with Gasteiger partial charge >= 0.3 is 0 Å². The van der Waals surface area contributed by atoms with E-state index in [0.29, 0.717) is 37.0 Å². The number of nitrogens with zero attached hydrogens (tertiary/aromatic N) is 2. The summed E-state index contributed by atoms with van der Waals surface area (Å²) in [7, 11) is 0. The smallest absolute Gasteiger partial charge is 0.249 e. The van der Waals surface area contributed by atoms with Gasteiger partial charge in [0.05, 0.1) is 32.5 Å². The van der Waals surface area contributed by atoms with Crippen molar-refractivity contribution in [3.8, 4) is 0 Å². The van der Waals surface area contributed by atoms with Gasteiger partial charge in [0.1, 0.15) is 5.60 Å². The molecule has 1 saturated carbocycles. The standard InChI is InChI=1S/C17H19ClN2O3/c18-14-4-2-1-3-13(14)7-15(21)19-10-17(11-19)8-16(22)20(23-17)9-12-5-6-12/h1-4,12H,5-11H2. The molecule has 2 aliphatic heterocycles. The van der Waals surface area contributed by atoms with Gasteiger partial charge in [0.25, 0.3) is 0 Å². The van der Waals surface area contributed by atoms with E-state index in [1.807, 2.05) is 18.2 Å². The molecule has 1 aromatic rings. The Bertz CT molecular complexity index is 653. The van der Waals surface area contributed by atoms with Crippen molar-refractivity contribution in [3.05, 3.63) is 34.9 Å². The van der Waals surface area contributed by atoms with Crippen LogP contribution in [0.15, 0.2) is 24.3 Å². The third-order valence-corrected chi connectivity index (χ3v) is 5.16. The molecule has 0 N–H and O–H groups in total. The lowest BCUT2D eigenvalue weighted by molar-refractivity contribution is -0.235. The molecule has 0 radical (unpaired) electrons. The molecule has 2 amide bonds. The van der Waals surface area contributed by atoms with E-state index in [1.54, 1.807) is 11.0 Å². The third kappa shape index (κ3) is 2.95. The minimum atomic E-state index is -0.484. The lowest BCUT2D eigenvalue weighted by Crippen LogP contribution is -2.64. The highest BCUT2D eigenvalue weighted by Crippen LogP contribution is 2.39. The Kier molecular flexibility index (Phi) is 3.58. The Morgan fingerprint density at radius 2 is 2.04 bits per heavy atom. The molecule has 2 heterocycles. The second-order valence-corrected chi connectivity index (χ2v) is 7.27. The molecule has 4 rings (SSSR count). The van der Waals surface area contributed by atoms with E-state index in [4.69, 9.17) is 16.4 Å². The van der Waals surface area contributed by atoms with Crippen LogP contribution in [0.25, 0.3) is 0 Å². The van der Waals surface area contributed by atoms with Gasteiger partial charge < -0.3 is 4.90 Å². The minimum absolute atomic E-state index is 0.0282. The van der Waals surface area contributed by atoms with Gasteiger partial charge in [-0.15, -0.1) is 0 Å². The van der Waals surface area contributed by atoms with Crippen LogP contribution >= 0.6 is 11.6 Å². The average molecular weight is 335 g/mol. The number of likely N-dealkylation sites (tertiary alicyclic amines) is 1. The van der Waals surface area contributed by atoms with Crippen molar-refractivity contribution < 1.29 is 14.4 Å². The van der Waals surface area contributed by atoms with Crippen LogP contribution in [0.3, 0.4) is 0 Å². The number of hydroxylamine groups is 2. The van der Waals surface area contributed by atoms with Crippen molar-refractivity contribution >= 4 is 23.4 Å². The molecule has 1 aliphatic carbocycles. The van der Waals surface area contributed by atoms with Crippen molar-refractivity contribution in [2.24, 2.45) is 5.92 Å². The summed E-state index contributed by atoms with van der Waals surface area (Å²) in [5.41, 5.74) is 0.348. The van der Waals surface area contributed by atoms with Gasteiger partial charge in [-0.05, 0) is 30.4 Å². The Labute approximate surface area is 140 Å². The van der Waals surface area contributed by atoms with Crippen LogP contribution in [0.2, 0.25) is 5.02 Å². The van der Waals surface area contributed by atoms with Gasteiger partial charge in [0, 0.05) is 5.02 Å². The Balaban J connectivity index is 1.33. The quantitative estimate of drug-likeness (QED) is 0.846. The second kappa shape index (κ2) is 5.49. The van der Waals surface area contributed by atoms with E-state index < -0.39 is 5.60 Å². The maximum absolute atomic E-state index is 12.4. The predicted molar refractivity (Wildman–Crippen MR) is 84.6 cm³/mol. The lowest BCUT2D eigenvalue weighted by Gasteiger charge is -2.46. The van der Waals surface area contributed by atoms with Crippen LogP contribution in [0.4, 0.5) is 0 Å². The van der Waals surface area contributed by atoms with E-state index in [1.165, 1.54) is 17.9 Å². The van der Waals surface area contributed by atoms with Gasteiger partial charge in [-0.2, -0.15) is 0 Å². The normalized spacial score (nSPS) is 22.6. The molecule has 3 aliphatic rings. The average Bonchev–Trinajstić information content (AvgIpc) is 3.23. The molecule has 1 spiro atoms. The highest BCUT2D eigenvalue weighted by atomic mass is 35.5. The molecule has 0 bridgehead atoms. The predicted octanol–water partition coefficient (Wildman–Crippen LogP) is 2.04. The summed E-state index contributed by atoms with van der Waals surface area (Å²) in [6.45, 7) is 1.68. The number of carbonyl (C=O) groups is 2. The van der Waals surface area contributed by atoms with Crippen molar-refractivity contribution in [2.75, 3.05) is 19.6 Å². The Hall–Kier alpha value is -1.59. The molecule has 0 aromatic heterocycles. The number of halogens is 1. The minimum Gasteiger partial charge on any atom is -0.336 e. The first-order valence-electron chi connectivity index (χ1n) is 8.05. The number of hydrogen-bond acceptors (Lipinski definition) is 3. The van der Waals surface area contributed by atoms with E-state index in [-0.39, 0.29) is 18.2 Å². The molecule has 6 heteroatoms. The van der Waals surface area contributed by atoms with Gasteiger partial charge in [-0.25, -0.2) is 5.06 Å². The fourth-order valence-corrected chi connectivity index (χ4v) is 3.47. The van der Waals surface area contributed by atoms with E-state index in [0.717, 1.165) is 5.56 Å². The Morgan fingerprint density at radius 3 is 2.74 bits per heavy atom. The van der Waals surface area contributed by atoms with Crippen LogP contribution in [0, 0.1) is 5.92 Å². The highest BCUT2D eigenvalue weighted by Gasteiger charge is 2.55. The van der Waals surface area contributed by atoms with Crippen molar-refractivity contribution in [1.29, 1.82) is 0 Å². The van der Waals surface area contributed by atoms with Crippen LogP contribution < -0.4 is 0 Å². The molecule has 3 fully saturated rings. The molecular weight excluding hydrogens is 316 g/mol. The van der Waals surface area contributed by atoms with Crippen LogP contribution in [-0.2, 0) is 20.8 Å². The molecule has 2 saturated heterocycles. The largest absolute Gasteiger partial charge is 0.336 e. The molecule has 122 valence electrons. The number of carbonyl (C=O) groups excluding carboxylic acids is 2. The summed E-state index contributed by atoms with van der Waals surface area (Å²) in [6, 6.07) is 7.38. The fourth-order valence-electron chi connectivity index (χ4n) is 3.27. The molecular formula is C17H19ClN2O3. The molecule has 1 aromatic carbocycles. The first-order chi connectivity index (χ1) is 11.0. The Morgan fingerprint density at radius 1 is 1.30 bits per heavy atom. The first-order valence-corrected chi connectivity index (χ1v) is 8.43. The zero-order valence-electron chi connectivity index (χ0n) is 12.8. The summed E-state index contributed by atoms with van der Waals surface area (Å²) in [5, 5.41) is 2.13. The number of rotatable bonds is 4. The fraction of sp³-hybridized carbons (Fsp3) is 0.529. The first kappa shape index (κ1) is 15.0. The number of hydrogen-bond donors (Lipinski definition) is 0. The van der Waals surface area contributed by atoms with Crippen molar-refractivity contribution in [3.63, 3.8) is 0 Å². The van der Waals surface area contributed by atoms with Crippen molar-refractivity contribution in [2.45, 2.75) is 31.3 Å². The van der Waals surface area contributed by atoms with Gasteiger partial charge in [-0.1, -0.05) is 29.8 Å². The summed E-state index contributed by atoms with van der Waals surface area (Å²) in [5.74, 6) is 0.683. The van der Waals surface area contributed by atoms with E-state index in [9.17, 15) is 9.59 Å². The summed E-state index contributed by atoms with van der Waals surface area (Å²) in [4.78, 5) is 32.0. The van der Waals surface area contributed by atoms with E-state index >= 15 is 0 Å². The molecule has 0 unspecified atom stereocenters. The second-order valence-electron chi connectivity index (χ2n) is 6.87. The maximum atomic E-state index is 12.4. The van der Waals surface area contributed by atoms with Crippen LogP contribution in [0.5, 0.6) is 0 Å². The van der Waals surface area contributed by atoms with E-state index in [2.05, 4.69) is 0 Å². The highest BCUT2D eigenvalue weighted by molar-refractivity contribution is 6.31. The van der Waals surface area contributed by atoms with Gasteiger partial charge in [0.15, 0.2) is 0 Å². The zero-order chi connectivity index (χ0) is 16.0. The molecule has 5 nitrogen and oxygen atoms in total. The summed E-state index contributed by atoms with van der Waals surface area (Å²) < 4.78 is 0. The number of benzene rings is 1. The topological polar surface area (TPSA) is 49.9 Å². The lowest BCUT2D eigenvalue weighted by atomic mass is 9.90. The monoisotopic (exact) mass is 334 g/mol. The molecule has 23 heavy (non-hydrogen) atoms. The summed E-state index contributed by atoms with van der Waals surface area (Å²) in [6.07, 6.45) is 3.04. The SMILES string of the molecule is O=C(Cc1ccccc1Cl)N1CC2(CC(=O)N(CC3CC3)O2)C1. The van der Waals surface area contributed by atoms with Gasteiger partial charge in [-0.3, -0.25) is 14.4 Å². The molecule has 0 atom stereocenters. The van der Waals surface area contributed by atoms with Crippen LogP contribution in [0.1, 0.15) is 24.8 Å². The van der Waals surface area contributed by atoms with Crippen molar-refractivity contribution in [1.82, 2.24) is 9.96 Å². The third-order valence-electron chi connectivity index (χ3n) is 4.79. The van der Waals surface area contributed by atoms with Crippen LogP contribution in [-0.4, -0.2) is 47.0 Å². The zero-order valence-corrected chi connectivity index (χ0v) is 13.6. The summed E-state index contributed by atoms with van der Waals surface area (Å²) >= 11 is 6.10. The number of amides is 2. The van der Waals surface area contributed by atoms with Gasteiger partial charge in [0.2, 0.25) is 11.8 Å².